The molecule has 3 heterocycles. The zero-order valence-corrected chi connectivity index (χ0v) is 12.7. The van der Waals surface area contributed by atoms with Crippen molar-refractivity contribution in [2.75, 3.05) is 13.2 Å². The van der Waals surface area contributed by atoms with Crippen LogP contribution in [0.4, 0.5) is 0 Å². The number of nitrogens with zero attached hydrogens (tertiary/aromatic N) is 1. The molecule has 0 aromatic heterocycles. The van der Waals surface area contributed by atoms with E-state index in [1.54, 1.807) is 6.08 Å². The summed E-state index contributed by atoms with van der Waals surface area (Å²) in [5, 5.41) is 8.86. The number of esters is 1. The molecule has 0 unspecified atom stereocenters. The molecule has 1 spiro atoms. The molecule has 22 heavy (non-hydrogen) atoms. The van der Waals surface area contributed by atoms with Gasteiger partial charge in [0.15, 0.2) is 5.60 Å². The van der Waals surface area contributed by atoms with Crippen LogP contribution in [0.25, 0.3) is 0 Å². The Bertz CT molecular complexity index is 624. The first-order chi connectivity index (χ1) is 10.7. The van der Waals surface area contributed by atoms with E-state index in [2.05, 4.69) is 22.8 Å². The highest BCUT2D eigenvalue weighted by atomic mass is 16.6. The largest absolute Gasteiger partial charge is 0.449 e. The summed E-state index contributed by atoms with van der Waals surface area (Å²) in [6, 6.07) is 0.660. The van der Waals surface area contributed by atoms with Gasteiger partial charge in [0.25, 0.3) is 0 Å². The minimum atomic E-state index is -0.447. The summed E-state index contributed by atoms with van der Waals surface area (Å²) in [6.07, 6.45) is 9.67. The van der Waals surface area contributed by atoms with Crippen LogP contribution < -0.4 is 0 Å². The third-order valence-electron chi connectivity index (χ3n) is 5.35. The molecule has 4 aliphatic rings. The number of fused-ring (bicyclic) bond motifs is 3. The van der Waals surface area contributed by atoms with E-state index in [0.29, 0.717) is 24.9 Å². The van der Waals surface area contributed by atoms with Crippen LogP contribution in [0.3, 0.4) is 0 Å². The van der Waals surface area contributed by atoms with Gasteiger partial charge in [0.05, 0.1) is 6.04 Å². The Balaban J connectivity index is 1.70. The van der Waals surface area contributed by atoms with Crippen LogP contribution in [-0.4, -0.2) is 46.8 Å². The Hall–Kier alpha value is -1.57. The quantitative estimate of drug-likeness (QED) is 0.477. The van der Waals surface area contributed by atoms with Crippen molar-refractivity contribution in [3.8, 4) is 11.8 Å². The van der Waals surface area contributed by atoms with E-state index in [1.807, 2.05) is 0 Å². The fourth-order valence-electron chi connectivity index (χ4n) is 4.50. The normalized spacial score (nSPS) is 35.8. The molecule has 2 bridgehead atoms. The number of carbonyl (C=O) groups excluding carboxylic acids is 1. The smallest absolute Gasteiger partial charge is 0.332 e. The van der Waals surface area contributed by atoms with Crippen LogP contribution in [0.5, 0.6) is 0 Å². The Labute approximate surface area is 130 Å². The number of aliphatic hydroxyl groups excluding tert-OH is 1. The van der Waals surface area contributed by atoms with Gasteiger partial charge < -0.3 is 9.84 Å². The van der Waals surface area contributed by atoms with Crippen molar-refractivity contribution in [1.82, 2.24) is 4.90 Å². The molecule has 3 atom stereocenters. The van der Waals surface area contributed by atoms with Gasteiger partial charge in [0.1, 0.15) is 0 Å². The summed E-state index contributed by atoms with van der Waals surface area (Å²) in [4.78, 5) is 14.5. The molecule has 2 fully saturated rings. The summed E-state index contributed by atoms with van der Waals surface area (Å²) in [5.41, 5.74) is 1.52. The molecule has 4 heteroatoms. The highest BCUT2D eigenvalue weighted by Crippen LogP contribution is 2.53. The highest BCUT2D eigenvalue weighted by Gasteiger charge is 2.61. The minimum absolute atomic E-state index is 0.167. The van der Waals surface area contributed by atoms with Crippen LogP contribution in [0.2, 0.25) is 0 Å². The van der Waals surface area contributed by atoms with Crippen molar-refractivity contribution in [3.05, 3.63) is 23.3 Å². The maximum atomic E-state index is 12.0. The lowest BCUT2D eigenvalue weighted by Gasteiger charge is -2.38. The standard InChI is InChI=1S/C18H21NO3/c20-9-5-1-2-6-13-10-14-12-18(15(13)11-17(21)22-18)16-7-3-4-8-19(14)16/h10-11,14,16,20H,1,3-5,7-9,12H2/t14-,16-,18+/m1/s1. The van der Waals surface area contributed by atoms with E-state index < -0.39 is 5.60 Å². The molecule has 0 aromatic carbocycles. The zero-order valence-electron chi connectivity index (χ0n) is 12.7. The summed E-state index contributed by atoms with van der Waals surface area (Å²) in [5.74, 6) is 6.14. The summed E-state index contributed by atoms with van der Waals surface area (Å²) < 4.78 is 5.85. The van der Waals surface area contributed by atoms with Crippen LogP contribution in [0.1, 0.15) is 38.5 Å². The first kappa shape index (κ1) is 14.0. The Morgan fingerprint density at radius 2 is 2.36 bits per heavy atom. The van der Waals surface area contributed by atoms with Gasteiger partial charge in [-0.25, -0.2) is 4.79 Å². The molecule has 3 aliphatic heterocycles. The van der Waals surface area contributed by atoms with Crippen molar-refractivity contribution in [1.29, 1.82) is 0 Å². The number of ether oxygens (including phenoxy) is 1. The van der Waals surface area contributed by atoms with Gasteiger partial charge >= 0.3 is 5.97 Å². The predicted molar refractivity (Wildman–Crippen MR) is 81.8 cm³/mol. The lowest BCUT2D eigenvalue weighted by Crippen LogP contribution is -2.48. The first-order valence-electron chi connectivity index (χ1n) is 8.27. The highest BCUT2D eigenvalue weighted by molar-refractivity contribution is 5.90. The van der Waals surface area contributed by atoms with Crippen LogP contribution in [0.15, 0.2) is 23.3 Å². The van der Waals surface area contributed by atoms with Crippen molar-refractivity contribution in [2.45, 2.75) is 56.2 Å². The third kappa shape index (κ3) is 1.96. The number of aliphatic hydroxyl groups is 1. The van der Waals surface area contributed by atoms with Crippen molar-refractivity contribution < 1.29 is 14.6 Å². The molecule has 4 rings (SSSR count). The van der Waals surface area contributed by atoms with E-state index >= 15 is 0 Å². The van der Waals surface area contributed by atoms with Gasteiger partial charge in [-0.1, -0.05) is 24.3 Å². The maximum Gasteiger partial charge on any atom is 0.332 e. The Morgan fingerprint density at radius 3 is 3.23 bits per heavy atom. The monoisotopic (exact) mass is 299 g/mol. The average Bonchev–Trinajstić information content (AvgIpc) is 3.00. The summed E-state index contributed by atoms with van der Waals surface area (Å²) in [6.45, 7) is 1.25. The molecule has 0 aromatic rings. The number of piperidine rings is 1. The molecule has 1 aliphatic carbocycles. The first-order valence-corrected chi connectivity index (χ1v) is 8.27. The topological polar surface area (TPSA) is 49.8 Å². The number of carbonyl (C=O) groups is 1. The number of hydrogen-bond acceptors (Lipinski definition) is 4. The SMILES string of the molecule is O=C1C=C2C(C#CCCCO)=C[C@@H]3C[C@@]2(O1)[C@H]1CCCCN31. The van der Waals surface area contributed by atoms with E-state index in [0.717, 1.165) is 30.5 Å². The Kier molecular flexibility index (Phi) is 3.36. The number of rotatable bonds is 2. The molecule has 2 saturated heterocycles. The van der Waals surface area contributed by atoms with Crippen molar-refractivity contribution in [3.63, 3.8) is 0 Å². The molecule has 0 radical (unpaired) electrons. The molecule has 0 amide bonds. The second-order valence-electron chi connectivity index (χ2n) is 6.60. The second-order valence-corrected chi connectivity index (χ2v) is 6.60. The van der Waals surface area contributed by atoms with Crippen molar-refractivity contribution in [2.24, 2.45) is 0 Å². The van der Waals surface area contributed by atoms with Crippen LogP contribution >= 0.6 is 0 Å². The fraction of sp³-hybridized carbons (Fsp3) is 0.611. The predicted octanol–water partition coefficient (Wildman–Crippen LogP) is 1.55. The van der Waals surface area contributed by atoms with Crippen LogP contribution in [0, 0.1) is 11.8 Å². The van der Waals surface area contributed by atoms with Gasteiger partial charge in [-0.3, -0.25) is 4.90 Å². The van der Waals surface area contributed by atoms with Gasteiger partial charge in [-0.2, -0.15) is 0 Å². The van der Waals surface area contributed by atoms with Gasteiger partial charge in [-0.15, -0.1) is 0 Å². The van der Waals surface area contributed by atoms with Gasteiger partial charge in [0, 0.05) is 42.7 Å². The van der Waals surface area contributed by atoms with Gasteiger partial charge in [-0.05, 0) is 25.8 Å². The van der Waals surface area contributed by atoms with E-state index in [9.17, 15) is 4.79 Å². The fourth-order valence-corrected chi connectivity index (χ4v) is 4.50. The van der Waals surface area contributed by atoms with Gasteiger partial charge in [0.2, 0.25) is 0 Å². The maximum absolute atomic E-state index is 12.0. The third-order valence-corrected chi connectivity index (χ3v) is 5.35. The summed E-state index contributed by atoms with van der Waals surface area (Å²) >= 11 is 0. The molecule has 4 nitrogen and oxygen atoms in total. The Morgan fingerprint density at radius 1 is 1.45 bits per heavy atom. The summed E-state index contributed by atoms with van der Waals surface area (Å²) in [7, 11) is 0. The number of unbranched alkanes of at least 4 members (excludes halogenated alkanes) is 1. The lowest BCUT2D eigenvalue weighted by atomic mass is 9.77. The average molecular weight is 299 g/mol. The lowest BCUT2D eigenvalue weighted by molar-refractivity contribution is -0.148. The van der Waals surface area contributed by atoms with Crippen LogP contribution in [-0.2, 0) is 9.53 Å². The molecular weight excluding hydrogens is 278 g/mol. The van der Waals surface area contributed by atoms with E-state index in [-0.39, 0.29) is 12.6 Å². The molecule has 1 N–H and O–H groups in total. The molecule has 0 saturated carbocycles. The zero-order chi connectivity index (χ0) is 15.2. The molecular formula is C18H21NO3. The number of hydrogen-bond donors (Lipinski definition) is 1. The minimum Gasteiger partial charge on any atom is -0.449 e. The second kappa shape index (κ2) is 5.26. The van der Waals surface area contributed by atoms with E-state index in [1.165, 1.54) is 12.8 Å². The van der Waals surface area contributed by atoms with Crippen molar-refractivity contribution >= 4 is 5.97 Å². The molecule has 116 valence electrons. The van der Waals surface area contributed by atoms with E-state index in [4.69, 9.17) is 9.84 Å².